The molecule has 0 bridgehead atoms. The van der Waals surface area contributed by atoms with Gasteiger partial charge in [-0.2, -0.15) is 23.8 Å². The van der Waals surface area contributed by atoms with Crippen LogP contribution in [0.5, 0.6) is 0 Å². The van der Waals surface area contributed by atoms with E-state index < -0.39 is 0 Å². The van der Waals surface area contributed by atoms with Crippen molar-refractivity contribution in [2.24, 2.45) is 0 Å². The molecule has 0 N–H and O–H groups in total. The van der Waals surface area contributed by atoms with Crippen LogP contribution in [0.15, 0.2) is 48.5 Å². The summed E-state index contributed by atoms with van der Waals surface area (Å²) in [6, 6.07) is 20.2. The van der Waals surface area contributed by atoms with E-state index >= 15 is 0 Å². The second kappa shape index (κ2) is 8.06. The van der Waals surface area contributed by atoms with Gasteiger partial charge in [-0.3, -0.25) is 0 Å². The predicted molar refractivity (Wildman–Crippen MR) is 84.2 cm³/mol. The second-order valence-electron chi connectivity index (χ2n) is 5.59. The summed E-state index contributed by atoms with van der Waals surface area (Å²) in [6.45, 7) is 6.64. The molecule has 0 atom stereocenters. The maximum Gasteiger partial charge on any atom is 2.00 e. The van der Waals surface area contributed by atoms with Crippen molar-refractivity contribution in [3.8, 4) is 0 Å². The third-order valence-electron chi connectivity index (χ3n) is 3.09. The number of benzene rings is 2. The van der Waals surface area contributed by atoms with Crippen molar-refractivity contribution in [3.63, 3.8) is 0 Å². The number of halogens is 1. The summed E-state index contributed by atoms with van der Waals surface area (Å²) in [6.07, 6.45) is 0. The molecular formula is C17H20BrMgN. The van der Waals surface area contributed by atoms with Crippen LogP contribution in [-0.4, -0.2) is 30.1 Å². The monoisotopic (exact) mass is 341 g/mol. The Labute approximate surface area is 149 Å². The summed E-state index contributed by atoms with van der Waals surface area (Å²) >= 11 is 0. The van der Waals surface area contributed by atoms with Crippen LogP contribution >= 0.6 is 0 Å². The molecule has 0 unspecified atom stereocenters. The van der Waals surface area contributed by atoms with Gasteiger partial charge in [-0.15, -0.1) is 6.07 Å². The summed E-state index contributed by atoms with van der Waals surface area (Å²) in [5.74, 6) is 0. The quantitative estimate of drug-likeness (QED) is 0.585. The topological polar surface area (TPSA) is 3.24 Å². The van der Waals surface area contributed by atoms with Gasteiger partial charge in [0.15, 0.2) is 0 Å². The van der Waals surface area contributed by atoms with Crippen LogP contribution in [0, 0.1) is 6.07 Å². The summed E-state index contributed by atoms with van der Waals surface area (Å²) in [7, 11) is 2.08. The number of anilines is 2. The van der Waals surface area contributed by atoms with Crippen LogP contribution < -0.4 is 21.9 Å². The van der Waals surface area contributed by atoms with Gasteiger partial charge in [-0.1, -0.05) is 44.7 Å². The average molecular weight is 343 g/mol. The molecular weight excluding hydrogens is 322 g/mol. The molecule has 0 aliphatic heterocycles. The largest absolute Gasteiger partial charge is 2.00 e. The Morgan fingerprint density at radius 2 is 1.50 bits per heavy atom. The zero-order valence-corrected chi connectivity index (χ0v) is 15.7. The van der Waals surface area contributed by atoms with Gasteiger partial charge in [0.05, 0.1) is 0 Å². The Kier molecular flexibility index (Phi) is 7.85. The van der Waals surface area contributed by atoms with Crippen molar-refractivity contribution in [1.82, 2.24) is 0 Å². The molecule has 0 aromatic heterocycles. The number of para-hydroxylation sites is 1. The van der Waals surface area contributed by atoms with Crippen molar-refractivity contribution < 1.29 is 17.0 Å². The first kappa shape index (κ1) is 19.5. The van der Waals surface area contributed by atoms with Gasteiger partial charge in [-0.05, 0) is 17.5 Å². The van der Waals surface area contributed by atoms with E-state index in [9.17, 15) is 0 Å². The van der Waals surface area contributed by atoms with E-state index in [1.165, 1.54) is 11.3 Å². The number of hydrogen-bond donors (Lipinski definition) is 0. The molecule has 20 heavy (non-hydrogen) atoms. The van der Waals surface area contributed by atoms with E-state index in [2.05, 4.69) is 81.2 Å². The number of rotatable bonds is 2. The molecule has 3 heteroatoms. The molecule has 2 rings (SSSR count). The van der Waals surface area contributed by atoms with Crippen LogP contribution in [0.3, 0.4) is 0 Å². The smallest absolute Gasteiger partial charge is 1.00 e. The molecule has 0 heterocycles. The molecule has 102 valence electrons. The van der Waals surface area contributed by atoms with E-state index in [1.54, 1.807) is 0 Å². The van der Waals surface area contributed by atoms with Gasteiger partial charge in [-0.25, -0.2) is 0 Å². The minimum Gasteiger partial charge on any atom is -1.00 e. The molecule has 0 radical (unpaired) electrons. The SMILES string of the molecule is CN(c1[c-]c(C(C)(C)C)ccc1)c1ccccc1.[Br-].[Mg+2]. The van der Waals surface area contributed by atoms with Gasteiger partial charge in [0.1, 0.15) is 0 Å². The Morgan fingerprint density at radius 3 is 2.05 bits per heavy atom. The zero-order valence-electron chi connectivity index (χ0n) is 12.7. The third-order valence-corrected chi connectivity index (χ3v) is 3.09. The van der Waals surface area contributed by atoms with Crippen LogP contribution in [0.1, 0.15) is 26.3 Å². The number of nitrogens with zero attached hydrogens (tertiary/aromatic N) is 1. The molecule has 0 fully saturated rings. The summed E-state index contributed by atoms with van der Waals surface area (Å²) in [5.41, 5.74) is 3.66. The molecule has 2 aromatic rings. The Hall–Kier alpha value is -0.514. The summed E-state index contributed by atoms with van der Waals surface area (Å²) in [5, 5.41) is 0. The first-order valence-electron chi connectivity index (χ1n) is 6.30. The predicted octanol–water partition coefficient (Wildman–Crippen LogP) is 1.18. The summed E-state index contributed by atoms with van der Waals surface area (Å²) < 4.78 is 0. The van der Waals surface area contributed by atoms with E-state index in [0.717, 1.165) is 5.69 Å². The molecule has 0 spiro atoms. The fourth-order valence-corrected chi connectivity index (χ4v) is 1.88. The second-order valence-corrected chi connectivity index (χ2v) is 5.59. The minimum absolute atomic E-state index is 0. The Balaban J connectivity index is 0.00000180. The van der Waals surface area contributed by atoms with Gasteiger partial charge in [0.2, 0.25) is 0 Å². The third kappa shape index (κ3) is 4.79. The van der Waals surface area contributed by atoms with Gasteiger partial charge in [0.25, 0.3) is 0 Å². The van der Waals surface area contributed by atoms with Crippen molar-refractivity contribution in [2.45, 2.75) is 26.2 Å². The standard InChI is InChI=1S/C17H20N.BrH.Mg/c1-17(2,3)14-9-8-12-16(13-14)18(4)15-10-6-5-7-11-15;;/h5-12H,1-4H3;1H;/q-1;;+2/p-1. The first-order chi connectivity index (χ1) is 8.48. The van der Waals surface area contributed by atoms with Crippen LogP contribution in [-0.2, 0) is 5.41 Å². The minimum atomic E-state index is 0. The van der Waals surface area contributed by atoms with Crippen molar-refractivity contribution >= 4 is 34.4 Å². The molecule has 2 aromatic carbocycles. The van der Waals surface area contributed by atoms with E-state index in [0.29, 0.717) is 0 Å². The summed E-state index contributed by atoms with van der Waals surface area (Å²) in [4.78, 5) is 2.16. The van der Waals surface area contributed by atoms with Crippen LogP contribution in [0.2, 0.25) is 0 Å². The van der Waals surface area contributed by atoms with Crippen molar-refractivity contribution in [2.75, 3.05) is 11.9 Å². The van der Waals surface area contributed by atoms with E-state index in [-0.39, 0.29) is 45.4 Å². The zero-order chi connectivity index (χ0) is 13.2. The average Bonchev–Trinajstić information content (AvgIpc) is 2.38. The van der Waals surface area contributed by atoms with Crippen LogP contribution in [0.25, 0.3) is 0 Å². The number of hydrogen-bond acceptors (Lipinski definition) is 1. The van der Waals surface area contributed by atoms with E-state index in [1.807, 2.05) is 6.07 Å². The fourth-order valence-electron chi connectivity index (χ4n) is 1.88. The maximum atomic E-state index is 3.51. The van der Waals surface area contributed by atoms with E-state index in [4.69, 9.17) is 0 Å². The van der Waals surface area contributed by atoms with Crippen molar-refractivity contribution in [1.29, 1.82) is 0 Å². The Bertz CT molecular complexity index is 520. The van der Waals surface area contributed by atoms with Gasteiger partial charge < -0.3 is 21.9 Å². The van der Waals surface area contributed by atoms with Crippen LogP contribution in [0.4, 0.5) is 11.4 Å². The molecule has 0 amide bonds. The van der Waals surface area contributed by atoms with Gasteiger partial charge in [0, 0.05) is 12.7 Å². The van der Waals surface area contributed by atoms with Crippen molar-refractivity contribution in [3.05, 3.63) is 60.2 Å². The molecule has 1 nitrogen and oxygen atoms in total. The first-order valence-corrected chi connectivity index (χ1v) is 6.30. The fraction of sp³-hybridized carbons (Fsp3) is 0.294. The normalized spacial score (nSPS) is 10.2. The van der Waals surface area contributed by atoms with Gasteiger partial charge >= 0.3 is 23.1 Å². The Morgan fingerprint density at radius 1 is 0.900 bits per heavy atom. The molecule has 0 saturated carbocycles. The molecule has 0 saturated heterocycles. The molecule has 0 aliphatic carbocycles. The molecule has 0 aliphatic rings. The maximum absolute atomic E-state index is 3.51.